The molecule has 1 saturated heterocycles. The number of aromatic nitrogens is 1. The van der Waals surface area contributed by atoms with E-state index in [-0.39, 0.29) is 6.04 Å². The lowest BCUT2D eigenvalue weighted by molar-refractivity contribution is 0.133. The number of aliphatic hydroxyl groups is 1. The van der Waals surface area contributed by atoms with E-state index in [9.17, 15) is 5.11 Å². The molecule has 2 rings (SSSR count). The van der Waals surface area contributed by atoms with Crippen LogP contribution in [0.4, 0.5) is 0 Å². The van der Waals surface area contributed by atoms with Crippen molar-refractivity contribution in [1.82, 2.24) is 10.3 Å². The van der Waals surface area contributed by atoms with Gasteiger partial charge in [0, 0.05) is 23.8 Å². The standard InChI is InChI=1S/C17H25ClN2O/c1-3-4-5-6-12(2)14-8-9-15(20-14)17(21)13-7-10-16(18)19-11-13/h4-5,7,10-12,14-15,17,20-21H,3,6,8-9H2,1-2H3/b5-4-/t12?,14-,15+,17+/m0/s1. The molecule has 1 aliphatic heterocycles. The molecule has 0 radical (unpaired) electrons. The summed E-state index contributed by atoms with van der Waals surface area (Å²) in [6.45, 7) is 4.43. The van der Waals surface area contributed by atoms with Crippen molar-refractivity contribution in [1.29, 1.82) is 0 Å². The van der Waals surface area contributed by atoms with E-state index in [0.29, 0.717) is 17.1 Å². The molecule has 0 spiro atoms. The van der Waals surface area contributed by atoms with Crippen molar-refractivity contribution < 1.29 is 5.11 Å². The topological polar surface area (TPSA) is 45.2 Å². The Labute approximate surface area is 132 Å². The number of nitrogens with zero attached hydrogens (tertiary/aromatic N) is 1. The molecular formula is C17H25ClN2O. The average molecular weight is 309 g/mol. The Morgan fingerprint density at radius 3 is 2.81 bits per heavy atom. The Morgan fingerprint density at radius 2 is 2.14 bits per heavy atom. The van der Waals surface area contributed by atoms with E-state index in [1.54, 1.807) is 12.3 Å². The first-order valence-electron chi connectivity index (χ1n) is 7.82. The second kappa shape index (κ2) is 7.92. The van der Waals surface area contributed by atoms with E-state index >= 15 is 0 Å². The van der Waals surface area contributed by atoms with Crippen LogP contribution in [0.2, 0.25) is 5.15 Å². The molecule has 0 aromatic carbocycles. The predicted molar refractivity (Wildman–Crippen MR) is 87.4 cm³/mol. The highest BCUT2D eigenvalue weighted by molar-refractivity contribution is 6.29. The molecule has 0 saturated carbocycles. The Morgan fingerprint density at radius 1 is 1.38 bits per heavy atom. The molecule has 3 nitrogen and oxygen atoms in total. The maximum absolute atomic E-state index is 10.5. The summed E-state index contributed by atoms with van der Waals surface area (Å²) in [6.07, 6.45) is 9.93. The number of hydrogen-bond acceptors (Lipinski definition) is 3. The molecule has 2 N–H and O–H groups in total. The summed E-state index contributed by atoms with van der Waals surface area (Å²) in [5.41, 5.74) is 0.830. The van der Waals surface area contributed by atoms with Crippen LogP contribution in [0.3, 0.4) is 0 Å². The molecule has 0 bridgehead atoms. The smallest absolute Gasteiger partial charge is 0.129 e. The summed E-state index contributed by atoms with van der Waals surface area (Å²) >= 11 is 5.79. The van der Waals surface area contributed by atoms with Crippen molar-refractivity contribution in [3.63, 3.8) is 0 Å². The number of allylic oxidation sites excluding steroid dienone is 2. The summed E-state index contributed by atoms with van der Waals surface area (Å²) in [6, 6.07) is 4.16. The minimum atomic E-state index is -0.516. The van der Waals surface area contributed by atoms with Crippen LogP contribution in [0.5, 0.6) is 0 Å². The second-order valence-corrected chi connectivity index (χ2v) is 6.30. The van der Waals surface area contributed by atoms with Gasteiger partial charge in [0.2, 0.25) is 0 Å². The minimum Gasteiger partial charge on any atom is -0.387 e. The Balaban J connectivity index is 1.89. The van der Waals surface area contributed by atoms with Gasteiger partial charge in [0.1, 0.15) is 5.15 Å². The van der Waals surface area contributed by atoms with Crippen LogP contribution < -0.4 is 5.32 Å². The van der Waals surface area contributed by atoms with Gasteiger partial charge in [-0.1, -0.05) is 43.7 Å². The third kappa shape index (κ3) is 4.53. The summed E-state index contributed by atoms with van der Waals surface area (Å²) in [7, 11) is 0. The van der Waals surface area contributed by atoms with E-state index < -0.39 is 6.10 Å². The van der Waals surface area contributed by atoms with Gasteiger partial charge >= 0.3 is 0 Å². The van der Waals surface area contributed by atoms with Crippen molar-refractivity contribution >= 4 is 11.6 Å². The highest BCUT2D eigenvalue weighted by atomic mass is 35.5. The molecule has 116 valence electrons. The van der Waals surface area contributed by atoms with Crippen LogP contribution in [0, 0.1) is 5.92 Å². The summed E-state index contributed by atoms with van der Waals surface area (Å²) < 4.78 is 0. The lowest BCUT2D eigenvalue weighted by atomic mass is 9.96. The van der Waals surface area contributed by atoms with Crippen LogP contribution in [-0.4, -0.2) is 22.2 Å². The second-order valence-electron chi connectivity index (χ2n) is 5.91. The first kappa shape index (κ1) is 16.5. The number of aliphatic hydroxyl groups excluding tert-OH is 1. The van der Waals surface area contributed by atoms with Crippen LogP contribution in [0.15, 0.2) is 30.5 Å². The van der Waals surface area contributed by atoms with Crippen LogP contribution in [-0.2, 0) is 0 Å². The molecule has 1 unspecified atom stereocenters. The van der Waals surface area contributed by atoms with Gasteiger partial charge in [-0.2, -0.15) is 0 Å². The quantitative estimate of drug-likeness (QED) is 0.619. The Hall–Kier alpha value is -0.900. The lowest BCUT2D eigenvalue weighted by Crippen LogP contribution is -2.37. The van der Waals surface area contributed by atoms with Gasteiger partial charge in [-0.15, -0.1) is 0 Å². The molecular weight excluding hydrogens is 284 g/mol. The fourth-order valence-corrected chi connectivity index (χ4v) is 3.05. The number of hydrogen-bond donors (Lipinski definition) is 2. The van der Waals surface area contributed by atoms with Gasteiger partial charge in [0.05, 0.1) is 6.10 Å². The zero-order valence-corrected chi connectivity index (χ0v) is 13.6. The molecule has 0 aliphatic carbocycles. The molecule has 1 fully saturated rings. The maximum Gasteiger partial charge on any atom is 0.129 e. The summed E-state index contributed by atoms with van der Waals surface area (Å²) in [5, 5.41) is 14.5. The normalized spacial score (nSPS) is 25.3. The van der Waals surface area contributed by atoms with E-state index in [0.717, 1.165) is 31.2 Å². The number of halogens is 1. The maximum atomic E-state index is 10.5. The Bertz CT molecular complexity index is 460. The SMILES string of the molecule is CC/C=C\CC(C)[C@@H]1CC[C@H]([C@H](O)c2ccc(Cl)nc2)N1. The fourth-order valence-electron chi connectivity index (χ4n) is 2.93. The van der Waals surface area contributed by atoms with Crippen LogP contribution >= 0.6 is 11.6 Å². The zero-order chi connectivity index (χ0) is 15.2. The lowest BCUT2D eigenvalue weighted by Gasteiger charge is -2.23. The van der Waals surface area contributed by atoms with E-state index in [1.165, 1.54) is 0 Å². The van der Waals surface area contributed by atoms with E-state index in [1.807, 2.05) is 6.07 Å². The average Bonchev–Trinajstić information content (AvgIpc) is 2.97. The number of rotatable bonds is 6. The largest absolute Gasteiger partial charge is 0.387 e. The van der Waals surface area contributed by atoms with Crippen molar-refractivity contribution in [2.75, 3.05) is 0 Å². The van der Waals surface area contributed by atoms with Crippen molar-refractivity contribution in [2.45, 2.75) is 57.7 Å². The van der Waals surface area contributed by atoms with Gasteiger partial charge < -0.3 is 10.4 Å². The fraction of sp³-hybridized carbons (Fsp3) is 0.588. The van der Waals surface area contributed by atoms with Crippen molar-refractivity contribution in [3.05, 3.63) is 41.2 Å². The third-order valence-corrected chi connectivity index (χ3v) is 4.51. The summed E-state index contributed by atoms with van der Waals surface area (Å²) in [5.74, 6) is 0.591. The number of pyridine rings is 1. The molecule has 0 amide bonds. The molecule has 2 heterocycles. The highest BCUT2D eigenvalue weighted by Crippen LogP contribution is 2.29. The van der Waals surface area contributed by atoms with E-state index in [4.69, 9.17) is 11.6 Å². The molecule has 4 heteroatoms. The molecule has 21 heavy (non-hydrogen) atoms. The predicted octanol–water partition coefficient (Wildman–Crippen LogP) is 3.88. The highest BCUT2D eigenvalue weighted by Gasteiger charge is 2.32. The summed E-state index contributed by atoms with van der Waals surface area (Å²) in [4.78, 5) is 4.04. The van der Waals surface area contributed by atoms with Crippen molar-refractivity contribution in [3.8, 4) is 0 Å². The first-order valence-corrected chi connectivity index (χ1v) is 8.20. The monoisotopic (exact) mass is 308 g/mol. The third-order valence-electron chi connectivity index (χ3n) is 4.29. The number of nitrogens with one attached hydrogen (secondary N) is 1. The molecule has 1 aromatic rings. The zero-order valence-electron chi connectivity index (χ0n) is 12.8. The van der Waals surface area contributed by atoms with E-state index in [2.05, 4.69) is 36.3 Å². The Kier molecular flexibility index (Phi) is 6.22. The minimum absolute atomic E-state index is 0.107. The van der Waals surface area contributed by atoms with Gasteiger partial charge in [-0.3, -0.25) is 0 Å². The van der Waals surface area contributed by atoms with Gasteiger partial charge in [0.25, 0.3) is 0 Å². The molecule has 4 atom stereocenters. The first-order chi connectivity index (χ1) is 10.1. The van der Waals surface area contributed by atoms with Gasteiger partial charge in [0.15, 0.2) is 0 Å². The molecule has 1 aromatic heterocycles. The van der Waals surface area contributed by atoms with Gasteiger partial charge in [-0.05, 0) is 37.7 Å². The molecule has 1 aliphatic rings. The van der Waals surface area contributed by atoms with Gasteiger partial charge in [-0.25, -0.2) is 4.98 Å². The van der Waals surface area contributed by atoms with Crippen molar-refractivity contribution in [2.24, 2.45) is 5.92 Å². The van der Waals surface area contributed by atoms with Crippen LogP contribution in [0.1, 0.15) is 51.2 Å². The van der Waals surface area contributed by atoms with Crippen LogP contribution in [0.25, 0.3) is 0 Å².